The zero-order chi connectivity index (χ0) is 24.5. The first-order valence-electron chi connectivity index (χ1n) is 11.0. The van der Waals surface area contributed by atoms with Crippen LogP contribution in [-0.4, -0.2) is 27.1 Å². The molecule has 0 bridgehead atoms. The molecule has 0 aliphatic rings. The van der Waals surface area contributed by atoms with E-state index in [-0.39, 0.29) is 12.3 Å². The summed E-state index contributed by atoms with van der Waals surface area (Å²) < 4.78 is 22.2. The van der Waals surface area contributed by atoms with E-state index in [0.717, 1.165) is 10.9 Å². The number of nitrogens with one attached hydrogen (secondary N) is 1. The van der Waals surface area contributed by atoms with E-state index in [1.165, 1.54) is 6.07 Å². The van der Waals surface area contributed by atoms with E-state index in [2.05, 4.69) is 9.97 Å². The Labute approximate surface area is 211 Å². The molecule has 0 atom stereocenters. The van der Waals surface area contributed by atoms with Crippen LogP contribution in [0.15, 0.2) is 73.1 Å². The molecule has 35 heavy (non-hydrogen) atoms. The number of fused-ring (bicyclic) bond motifs is 1. The lowest BCUT2D eigenvalue weighted by Gasteiger charge is -2.13. The molecule has 0 spiro atoms. The van der Waals surface area contributed by atoms with Crippen LogP contribution < -0.4 is 0 Å². The van der Waals surface area contributed by atoms with E-state index in [0.29, 0.717) is 44.6 Å². The molecule has 2 aromatic heterocycles. The van der Waals surface area contributed by atoms with Crippen molar-refractivity contribution in [2.45, 2.75) is 13.5 Å². The van der Waals surface area contributed by atoms with Crippen molar-refractivity contribution >= 4 is 40.1 Å². The fourth-order valence-corrected chi connectivity index (χ4v) is 4.47. The van der Waals surface area contributed by atoms with Crippen molar-refractivity contribution in [3.8, 4) is 22.5 Å². The molecule has 8 heteroatoms. The third kappa shape index (κ3) is 4.43. The quantitative estimate of drug-likeness (QED) is 0.244. The second-order valence-electron chi connectivity index (χ2n) is 7.96. The summed E-state index contributed by atoms with van der Waals surface area (Å²) in [5, 5.41) is 1.89. The van der Waals surface area contributed by atoms with Crippen LogP contribution in [-0.2, 0) is 11.3 Å². The SMILES string of the molecule is CCOC(=O)c1[nH]c2cc(Cl)ccc2c1-c1c(-c2ccccc2F)ncn1Cc1ccc(Cl)cc1. The minimum absolute atomic E-state index is 0.207. The summed E-state index contributed by atoms with van der Waals surface area (Å²) >= 11 is 12.3. The maximum absolute atomic E-state index is 14.9. The van der Waals surface area contributed by atoms with Gasteiger partial charge in [0.05, 0.1) is 24.3 Å². The van der Waals surface area contributed by atoms with Gasteiger partial charge in [0.2, 0.25) is 0 Å². The van der Waals surface area contributed by atoms with E-state index < -0.39 is 11.8 Å². The fourth-order valence-electron chi connectivity index (χ4n) is 4.17. The van der Waals surface area contributed by atoms with Gasteiger partial charge in [-0.1, -0.05) is 53.5 Å². The van der Waals surface area contributed by atoms with Gasteiger partial charge >= 0.3 is 5.97 Å². The van der Waals surface area contributed by atoms with Gasteiger partial charge in [0.1, 0.15) is 11.5 Å². The van der Waals surface area contributed by atoms with Crippen LogP contribution in [0.3, 0.4) is 0 Å². The number of ether oxygens (including phenoxy) is 1. The number of carbonyl (C=O) groups is 1. The number of esters is 1. The average molecular weight is 508 g/mol. The molecule has 0 fully saturated rings. The fraction of sp³-hybridized carbons (Fsp3) is 0.111. The summed E-state index contributed by atoms with van der Waals surface area (Å²) in [5.41, 5.74) is 3.78. The van der Waals surface area contributed by atoms with Gasteiger partial charge in [0.25, 0.3) is 0 Å². The number of aromatic nitrogens is 3. The van der Waals surface area contributed by atoms with Gasteiger partial charge in [0, 0.05) is 38.6 Å². The maximum atomic E-state index is 14.9. The van der Waals surface area contributed by atoms with Crippen LogP contribution in [0.25, 0.3) is 33.4 Å². The van der Waals surface area contributed by atoms with Crippen molar-refractivity contribution in [3.63, 3.8) is 0 Å². The van der Waals surface area contributed by atoms with Crippen LogP contribution in [0.1, 0.15) is 23.0 Å². The Kier molecular flexibility index (Phi) is 6.32. The molecular weight excluding hydrogens is 488 g/mol. The Bertz CT molecular complexity index is 1540. The number of carbonyl (C=O) groups excluding carboxylic acids is 1. The van der Waals surface area contributed by atoms with Crippen molar-refractivity contribution in [2.24, 2.45) is 0 Å². The molecule has 0 aliphatic carbocycles. The lowest BCUT2D eigenvalue weighted by Crippen LogP contribution is -2.09. The topological polar surface area (TPSA) is 59.9 Å². The predicted molar refractivity (Wildman–Crippen MR) is 136 cm³/mol. The Morgan fingerprint density at radius 1 is 1.06 bits per heavy atom. The first-order chi connectivity index (χ1) is 17.0. The molecule has 2 heterocycles. The average Bonchev–Trinajstić information content (AvgIpc) is 3.41. The summed E-state index contributed by atoms with van der Waals surface area (Å²) in [4.78, 5) is 20.8. The molecule has 5 rings (SSSR count). The molecular formula is C27H20Cl2FN3O2. The molecule has 176 valence electrons. The molecule has 0 amide bonds. The minimum Gasteiger partial charge on any atom is -0.461 e. The van der Waals surface area contributed by atoms with E-state index in [9.17, 15) is 9.18 Å². The first-order valence-corrected chi connectivity index (χ1v) is 11.7. The molecule has 0 saturated heterocycles. The standard InChI is InChI=1S/C27H20Cl2FN3O2/c1-2-35-27(34)25-23(20-12-11-18(29)13-22(20)32-25)26-24(19-5-3-4-6-21(19)30)31-15-33(26)14-16-7-9-17(28)10-8-16/h3-13,15,32H,2,14H2,1H3. The number of rotatable bonds is 6. The lowest BCUT2D eigenvalue weighted by atomic mass is 10.0. The van der Waals surface area contributed by atoms with Crippen molar-refractivity contribution in [1.82, 2.24) is 14.5 Å². The van der Waals surface area contributed by atoms with Gasteiger partial charge < -0.3 is 14.3 Å². The number of H-pyrrole nitrogens is 1. The van der Waals surface area contributed by atoms with Crippen molar-refractivity contribution in [2.75, 3.05) is 6.61 Å². The highest BCUT2D eigenvalue weighted by Crippen LogP contribution is 2.40. The normalized spacial score (nSPS) is 11.2. The van der Waals surface area contributed by atoms with Gasteiger partial charge in [-0.3, -0.25) is 0 Å². The first kappa shape index (κ1) is 23.1. The summed E-state index contributed by atoms with van der Waals surface area (Å²) in [6, 6.07) is 19.2. The third-order valence-electron chi connectivity index (χ3n) is 5.71. The van der Waals surface area contributed by atoms with E-state index in [1.54, 1.807) is 43.6 Å². The summed E-state index contributed by atoms with van der Waals surface area (Å²) in [6.45, 7) is 2.38. The maximum Gasteiger partial charge on any atom is 0.355 e. The smallest absolute Gasteiger partial charge is 0.355 e. The van der Waals surface area contributed by atoms with Gasteiger partial charge in [-0.15, -0.1) is 0 Å². The Balaban J connectivity index is 1.80. The monoisotopic (exact) mass is 507 g/mol. The highest BCUT2D eigenvalue weighted by molar-refractivity contribution is 6.31. The number of imidazole rings is 1. The van der Waals surface area contributed by atoms with E-state index in [1.807, 2.05) is 34.9 Å². The number of benzene rings is 3. The summed E-state index contributed by atoms with van der Waals surface area (Å²) in [6.07, 6.45) is 1.65. The van der Waals surface area contributed by atoms with Crippen LogP contribution in [0.4, 0.5) is 4.39 Å². The van der Waals surface area contributed by atoms with E-state index in [4.69, 9.17) is 27.9 Å². The van der Waals surface area contributed by atoms with Crippen molar-refractivity contribution < 1.29 is 13.9 Å². The van der Waals surface area contributed by atoms with Crippen molar-refractivity contribution in [1.29, 1.82) is 0 Å². The van der Waals surface area contributed by atoms with Crippen LogP contribution in [0, 0.1) is 5.82 Å². The number of halogens is 3. The highest BCUT2D eigenvalue weighted by atomic mass is 35.5. The lowest BCUT2D eigenvalue weighted by molar-refractivity contribution is 0.0521. The number of hydrogen-bond acceptors (Lipinski definition) is 3. The second kappa shape index (κ2) is 9.56. The third-order valence-corrected chi connectivity index (χ3v) is 6.20. The number of hydrogen-bond donors (Lipinski definition) is 1. The van der Waals surface area contributed by atoms with Gasteiger partial charge in [-0.05, 0) is 48.9 Å². The number of nitrogens with zero attached hydrogens (tertiary/aromatic N) is 2. The molecule has 5 aromatic rings. The zero-order valence-electron chi connectivity index (χ0n) is 18.7. The molecule has 0 radical (unpaired) electrons. The number of aromatic amines is 1. The van der Waals surface area contributed by atoms with Crippen LogP contribution >= 0.6 is 23.2 Å². The summed E-state index contributed by atoms with van der Waals surface area (Å²) in [7, 11) is 0. The zero-order valence-corrected chi connectivity index (χ0v) is 20.2. The highest BCUT2D eigenvalue weighted by Gasteiger charge is 2.27. The van der Waals surface area contributed by atoms with Gasteiger partial charge in [0.15, 0.2) is 0 Å². The Morgan fingerprint density at radius 2 is 1.80 bits per heavy atom. The Hall–Kier alpha value is -3.61. The molecule has 0 saturated carbocycles. The molecule has 0 unspecified atom stereocenters. The van der Waals surface area contributed by atoms with Gasteiger partial charge in [-0.2, -0.15) is 0 Å². The van der Waals surface area contributed by atoms with Crippen LogP contribution in [0.5, 0.6) is 0 Å². The molecule has 1 N–H and O–H groups in total. The Morgan fingerprint density at radius 3 is 2.54 bits per heavy atom. The minimum atomic E-state index is -0.520. The van der Waals surface area contributed by atoms with E-state index >= 15 is 0 Å². The summed E-state index contributed by atoms with van der Waals surface area (Å²) in [5.74, 6) is -0.931. The molecule has 3 aromatic carbocycles. The van der Waals surface area contributed by atoms with Crippen molar-refractivity contribution in [3.05, 3.63) is 100 Å². The molecule has 0 aliphatic heterocycles. The molecule has 5 nitrogen and oxygen atoms in total. The van der Waals surface area contributed by atoms with Gasteiger partial charge in [-0.25, -0.2) is 14.2 Å². The largest absolute Gasteiger partial charge is 0.461 e. The second-order valence-corrected chi connectivity index (χ2v) is 8.83. The van der Waals surface area contributed by atoms with Crippen LogP contribution in [0.2, 0.25) is 10.0 Å². The predicted octanol–water partition coefficient (Wildman–Crippen LogP) is 7.37.